The maximum atomic E-state index is 12.2. The van der Waals surface area contributed by atoms with Crippen LogP contribution >= 0.6 is 11.6 Å². The Kier molecular flexibility index (Phi) is 3.93. The van der Waals surface area contributed by atoms with Crippen molar-refractivity contribution in [2.45, 2.75) is 13.5 Å². The second-order valence-corrected chi connectivity index (χ2v) is 5.08. The number of aromatic amines is 1. The van der Waals surface area contributed by atoms with E-state index in [0.717, 1.165) is 11.3 Å². The molecule has 3 aromatic rings. The van der Waals surface area contributed by atoms with Gasteiger partial charge in [-0.05, 0) is 12.5 Å². The molecule has 0 saturated heterocycles. The predicted octanol–water partition coefficient (Wildman–Crippen LogP) is 3.20. The molecule has 0 aliphatic rings. The summed E-state index contributed by atoms with van der Waals surface area (Å²) < 4.78 is 1.61. The normalized spacial score (nSPS) is 10.6. The molecule has 2 N–H and O–H groups in total. The maximum absolute atomic E-state index is 12.2. The van der Waals surface area contributed by atoms with Crippen molar-refractivity contribution in [2.24, 2.45) is 0 Å². The summed E-state index contributed by atoms with van der Waals surface area (Å²) in [5, 5.41) is 14.1. The monoisotopic (exact) mass is 315 g/mol. The zero-order valence-corrected chi connectivity index (χ0v) is 12.6. The topological polar surface area (TPSA) is 75.6 Å². The molecular weight excluding hydrogens is 302 g/mol. The third-order valence-electron chi connectivity index (χ3n) is 3.16. The average molecular weight is 316 g/mol. The quantitative estimate of drug-likeness (QED) is 0.776. The molecule has 0 bridgehead atoms. The lowest BCUT2D eigenvalue weighted by Gasteiger charge is -1.98. The molecule has 2 heterocycles. The molecule has 0 spiro atoms. The van der Waals surface area contributed by atoms with Gasteiger partial charge in [-0.2, -0.15) is 10.2 Å². The number of carbonyl (C=O) groups excluding carboxylic acids is 1. The Morgan fingerprint density at radius 2 is 2.14 bits per heavy atom. The number of hydrogen-bond donors (Lipinski definition) is 2. The van der Waals surface area contributed by atoms with E-state index in [1.165, 1.54) is 0 Å². The summed E-state index contributed by atoms with van der Waals surface area (Å²) in [6.45, 7) is 2.57. The smallest absolute Gasteiger partial charge is 0.278 e. The maximum Gasteiger partial charge on any atom is 0.278 e. The van der Waals surface area contributed by atoms with Crippen molar-refractivity contribution < 1.29 is 4.79 Å². The van der Waals surface area contributed by atoms with Crippen LogP contribution < -0.4 is 5.32 Å². The first-order valence-electron chi connectivity index (χ1n) is 6.82. The molecule has 2 aromatic heterocycles. The molecule has 112 valence electrons. The standard InChI is InChI=1S/C15H14ClN5O/c1-2-21-9-11(16)14(20-21)15(22)17-13-8-12(18-19-13)10-6-4-3-5-7-10/h3-9H,2H2,1H3,(H2,17,18,19,22). The van der Waals surface area contributed by atoms with Crippen molar-refractivity contribution in [2.75, 3.05) is 5.32 Å². The van der Waals surface area contributed by atoms with Gasteiger partial charge in [0.05, 0.1) is 10.7 Å². The Hall–Kier alpha value is -2.60. The zero-order valence-electron chi connectivity index (χ0n) is 11.9. The summed E-state index contributed by atoms with van der Waals surface area (Å²) in [5.74, 6) is 0.0364. The second kappa shape index (κ2) is 6.03. The van der Waals surface area contributed by atoms with Crippen LogP contribution in [0, 0.1) is 0 Å². The summed E-state index contributed by atoms with van der Waals surface area (Å²) in [7, 11) is 0. The van der Waals surface area contributed by atoms with Crippen LogP contribution in [0.3, 0.4) is 0 Å². The van der Waals surface area contributed by atoms with E-state index in [2.05, 4.69) is 20.6 Å². The SMILES string of the molecule is CCn1cc(Cl)c(C(=O)Nc2cc(-c3ccccc3)[nH]n2)n1. The Labute approximate surface area is 132 Å². The minimum Gasteiger partial charge on any atom is -0.304 e. The first-order chi connectivity index (χ1) is 10.7. The lowest BCUT2D eigenvalue weighted by atomic mass is 10.1. The number of aromatic nitrogens is 4. The van der Waals surface area contributed by atoms with Gasteiger partial charge in [-0.1, -0.05) is 41.9 Å². The molecule has 6 nitrogen and oxygen atoms in total. The van der Waals surface area contributed by atoms with Crippen LogP contribution in [-0.2, 0) is 6.54 Å². The van der Waals surface area contributed by atoms with Crippen LogP contribution in [0.5, 0.6) is 0 Å². The molecule has 0 unspecified atom stereocenters. The van der Waals surface area contributed by atoms with E-state index in [1.54, 1.807) is 16.9 Å². The number of aryl methyl sites for hydroxylation is 1. The third-order valence-corrected chi connectivity index (χ3v) is 3.44. The van der Waals surface area contributed by atoms with E-state index < -0.39 is 0 Å². The molecule has 0 saturated carbocycles. The van der Waals surface area contributed by atoms with Crippen molar-refractivity contribution in [1.82, 2.24) is 20.0 Å². The molecule has 7 heteroatoms. The minimum absolute atomic E-state index is 0.188. The summed E-state index contributed by atoms with van der Waals surface area (Å²) >= 11 is 6.01. The third kappa shape index (κ3) is 2.87. The number of benzene rings is 1. The number of anilines is 1. The van der Waals surface area contributed by atoms with Gasteiger partial charge in [0.2, 0.25) is 0 Å². The Morgan fingerprint density at radius 1 is 1.36 bits per heavy atom. The van der Waals surface area contributed by atoms with Crippen LogP contribution in [0.25, 0.3) is 11.3 Å². The van der Waals surface area contributed by atoms with Crippen LogP contribution in [0.1, 0.15) is 17.4 Å². The van der Waals surface area contributed by atoms with E-state index in [1.807, 2.05) is 37.3 Å². The van der Waals surface area contributed by atoms with Crippen LogP contribution in [0.15, 0.2) is 42.6 Å². The number of rotatable bonds is 4. The summed E-state index contributed by atoms with van der Waals surface area (Å²) in [6.07, 6.45) is 1.62. The predicted molar refractivity (Wildman–Crippen MR) is 84.9 cm³/mol. The molecule has 0 fully saturated rings. The van der Waals surface area contributed by atoms with Crippen LogP contribution in [-0.4, -0.2) is 25.9 Å². The van der Waals surface area contributed by atoms with E-state index in [0.29, 0.717) is 17.4 Å². The molecule has 0 atom stereocenters. The van der Waals surface area contributed by atoms with Crippen molar-refractivity contribution in [3.8, 4) is 11.3 Å². The molecule has 3 rings (SSSR count). The van der Waals surface area contributed by atoms with E-state index in [-0.39, 0.29) is 11.6 Å². The van der Waals surface area contributed by atoms with Gasteiger partial charge in [0.15, 0.2) is 11.5 Å². The molecule has 0 aliphatic heterocycles. The minimum atomic E-state index is -0.386. The molecule has 1 aromatic carbocycles. The number of carbonyl (C=O) groups is 1. The lowest BCUT2D eigenvalue weighted by Crippen LogP contribution is -2.14. The number of amides is 1. The van der Waals surface area contributed by atoms with Gasteiger partial charge < -0.3 is 5.32 Å². The van der Waals surface area contributed by atoms with Gasteiger partial charge in [-0.3, -0.25) is 14.6 Å². The van der Waals surface area contributed by atoms with Crippen molar-refractivity contribution in [1.29, 1.82) is 0 Å². The van der Waals surface area contributed by atoms with Gasteiger partial charge >= 0.3 is 0 Å². The highest BCUT2D eigenvalue weighted by Crippen LogP contribution is 2.20. The summed E-state index contributed by atoms with van der Waals surface area (Å²) in [5.41, 5.74) is 2.00. The van der Waals surface area contributed by atoms with Gasteiger partial charge in [0, 0.05) is 18.8 Å². The van der Waals surface area contributed by atoms with Crippen molar-refractivity contribution in [3.63, 3.8) is 0 Å². The molecule has 1 amide bonds. The highest BCUT2D eigenvalue weighted by molar-refractivity contribution is 6.34. The van der Waals surface area contributed by atoms with E-state index in [9.17, 15) is 4.79 Å². The Bertz CT molecular complexity index is 793. The van der Waals surface area contributed by atoms with E-state index in [4.69, 9.17) is 11.6 Å². The molecule has 22 heavy (non-hydrogen) atoms. The summed E-state index contributed by atoms with van der Waals surface area (Å²) in [6, 6.07) is 11.5. The van der Waals surface area contributed by atoms with Crippen molar-refractivity contribution in [3.05, 3.63) is 53.3 Å². The largest absolute Gasteiger partial charge is 0.304 e. The number of H-pyrrole nitrogens is 1. The highest BCUT2D eigenvalue weighted by atomic mass is 35.5. The first-order valence-corrected chi connectivity index (χ1v) is 7.20. The number of nitrogens with one attached hydrogen (secondary N) is 2. The molecule has 0 radical (unpaired) electrons. The number of halogens is 1. The van der Waals surface area contributed by atoms with Gasteiger partial charge in [0.25, 0.3) is 5.91 Å². The Balaban J connectivity index is 1.77. The fraction of sp³-hybridized carbons (Fsp3) is 0.133. The van der Waals surface area contributed by atoms with Gasteiger partial charge in [-0.25, -0.2) is 0 Å². The van der Waals surface area contributed by atoms with Crippen LogP contribution in [0.2, 0.25) is 5.02 Å². The average Bonchev–Trinajstić information content (AvgIpc) is 3.14. The fourth-order valence-electron chi connectivity index (χ4n) is 2.04. The highest BCUT2D eigenvalue weighted by Gasteiger charge is 2.16. The van der Waals surface area contributed by atoms with Crippen molar-refractivity contribution >= 4 is 23.3 Å². The number of nitrogens with zero attached hydrogens (tertiary/aromatic N) is 3. The molecule has 0 aliphatic carbocycles. The van der Waals surface area contributed by atoms with E-state index >= 15 is 0 Å². The molecular formula is C15H14ClN5O. The lowest BCUT2D eigenvalue weighted by molar-refractivity contribution is 0.102. The zero-order chi connectivity index (χ0) is 15.5. The second-order valence-electron chi connectivity index (χ2n) is 4.67. The van der Waals surface area contributed by atoms with Gasteiger partial charge in [-0.15, -0.1) is 0 Å². The number of hydrogen-bond acceptors (Lipinski definition) is 3. The van der Waals surface area contributed by atoms with Gasteiger partial charge in [0.1, 0.15) is 0 Å². The fourth-order valence-corrected chi connectivity index (χ4v) is 2.28. The Morgan fingerprint density at radius 3 is 2.82 bits per heavy atom. The summed E-state index contributed by atoms with van der Waals surface area (Å²) in [4.78, 5) is 12.2. The first kappa shape index (κ1) is 14.3. The van der Waals surface area contributed by atoms with Crippen LogP contribution in [0.4, 0.5) is 5.82 Å².